The molecule has 12 heteroatoms. The van der Waals surface area contributed by atoms with Gasteiger partial charge in [0, 0.05) is 32.0 Å². The minimum Gasteiger partial charge on any atom is -0.304 e. The van der Waals surface area contributed by atoms with Gasteiger partial charge in [0.25, 0.3) is 5.91 Å². The number of amides is 1. The van der Waals surface area contributed by atoms with Gasteiger partial charge in [0.05, 0.1) is 28.3 Å². The SMILES string of the molecule is O=C(Nc1ccc(C(F)(F)F)cn1)c1nc(CN2CCS(O)(O)CC2)c2ccccn12. The number of fused-ring (bicyclic) bond motifs is 1. The van der Waals surface area contributed by atoms with Crippen molar-refractivity contribution in [1.29, 1.82) is 0 Å². The first kappa shape index (κ1) is 21.6. The van der Waals surface area contributed by atoms with Gasteiger partial charge < -0.3 is 5.32 Å². The van der Waals surface area contributed by atoms with Crippen LogP contribution in [0, 0.1) is 0 Å². The lowest BCUT2D eigenvalue weighted by Gasteiger charge is -2.40. The molecule has 4 rings (SSSR count). The normalized spacial score (nSPS) is 18.1. The highest BCUT2D eigenvalue weighted by Gasteiger charge is 2.31. The number of hydrogen-bond donors (Lipinski definition) is 3. The average molecular weight is 455 g/mol. The van der Waals surface area contributed by atoms with Crippen LogP contribution in [0.1, 0.15) is 21.9 Å². The number of nitrogens with one attached hydrogen (secondary N) is 1. The van der Waals surface area contributed by atoms with Crippen LogP contribution in [-0.2, 0) is 12.7 Å². The number of carbonyl (C=O) groups is 1. The average Bonchev–Trinajstić information content (AvgIpc) is 3.08. The second-order valence-electron chi connectivity index (χ2n) is 7.21. The lowest BCUT2D eigenvalue weighted by Crippen LogP contribution is -2.37. The third kappa shape index (κ3) is 4.82. The third-order valence-corrected chi connectivity index (χ3v) is 6.68. The maximum absolute atomic E-state index is 12.8. The number of imidazole rings is 1. The zero-order valence-corrected chi connectivity index (χ0v) is 17.0. The van der Waals surface area contributed by atoms with E-state index in [0.29, 0.717) is 48.5 Å². The van der Waals surface area contributed by atoms with E-state index in [1.165, 1.54) is 0 Å². The topological polar surface area (TPSA) is 103 Å². The molecule has 0 aromatic carbocycles. The second-order valence-corrected chi connectivity index (χ2v) is 9.63. The monoisotopic (exact) mass is 455 g/mol. The van der Waals surface area contributed by atoms with Gasteiger partial charge >= 0.3 is 6.18 Å². The zero-order chi connectivity index (χ0) is 22.2. The molecule has 1 fully saturated rings. The standard InChI is InChI=1S/C19H20F3N5O3S/c20-19(21,22)13-4-5-16(23-11-13)25-18(28)17-24-14(15-3-1-2-6-27(15)17)12-26-7-9-31(29,30)10-8-26/h1-6,11,29-30H,7-10,12H2,(H,23,25,28). The van der Waals surface area contributed by atoms with Crippen molar-refractivity contribution in [3.05, 3.63) is 59.8 Å². The molecule has 0 bridgehead atoms. The molecule has 0 atom stereocenters. The molecule has 0 radical (unpaired) electrons. The summed E-state index contributed by atoms with van der Waals surface area (Å²) in [6.45, 7) is 1.44. The van der Waals surface area contributed by atoms with Crippen molar-refractivity contribution < 1.29 is 27.1 Å². The van der Waals surface area contributed by atoms with Crippen LogP contribution in [0.4, 0.5) is 19.0 Å². The van der Waals surface area contributed by atoms with Crippen LogP contribution in [0.3, 0.4) is 0 Å². The Morgan fingerprint density at radius 3 is 2.55 bits per heavy atom. The van der Waals surface area contributed by atoms with Crippen molar-refractivity contribution in [1.82, 2.24) is 19.3 Å². The van der Waals surface area contributed by atoms with Gasteiger partial charge in [0.1, 0.15) is 5.82 Å². The Kier molecular flexibility index (Phi) is 5.64. The van der Waals surface area contributed by atoms with E-state index >= 15 is 0 Å². The Labute approximate surface area is 177 Å². The number of aromatic nitrogens is 3. The minimum absolute atomic E-state index is 0.0199. The van der Waals surface area contributed by atoms with Gasteiger partial charge in [-0.2, -0.15) is 23.8 Å². The molecular formula is C19H20F3N5O3S. The Morgan fingerprint density at radius 2 is 1.90 bits per heavy atom. The third-order valence-electron chi connectivity index (χ3n) is 5.00. The number of anilines is 1. The number of rotatable bonds is 4. The zero-order valence-electron chi connectivity index (χ0n) is 16.2. The highest BCUT2D eigenvalue weighted by atomic mass is 32.3. The molecule has 1 aliphatic rings. The highest BCUT2D eigenvalue weighted by Crippen LogP contribution is 2.40. The van der Waals surface area contributed by atoms with Gasteiger partial charge in [-0.25, -0.2) is 9.97 Å². The lowest BCUT2D eigenvalue weighted by molar-refractivity contribution is -0.137. The van der Waals surface area contributed by atoms with Crippen LogP contribution in [0.25, 0.3) is 5.52 Å². The molecule has 3 aromatic rings. The quantitative estimate of drug-likeness (QED) is 0.556. The fourth-order valence-corrected chi connectivity index (χ4v) is 4.63. The van der Waals surface area contributed by atoms with Gasteiger partial charge in [-0.1, -0.05) is 6.07 Å². The predicted octanol–water partition coefficient (Wildman–Crippen LogP) is 3.57. The van der Waals surface area contributed by atoms with Crippen LogP contribution in [0.5, 0.6) is 0 Å². The Hall–Kier alpha value is -2.67. The van der Waals surface area contributed by atoms with E-state index in [0.717, 1.165) is 12.1 Å². The summed E-state index contributed by atoms with van der Waals surface area (Å²) < 4.78 is 59.2. The molecule has 0 aliphatic carbocycles. The maximum atomic E-state index is 12.8. The number of alkyl halides is 3. The predicted molar refractivity (Wildman–Crippen MR) is 110 cm³/mol. The number of hydrogen-bond acceptors (Lipinski definition) is 6. The van der Waals surface area contributed by atoms with E-state index in [4.69, 9.17) is 0 Å². The molecule has 3 N–H and O–H groups in total. The van der Waals surface area contributed by atoms with Gasteiger partial charge in [0.2, 0.25) is 5.82 Å². The number of halogens is 3. The molecule has 3 aromatic heterocycles. The largest absolute Gasteiger partial charge is 0.417 e. The fraction of sp³-hybridized carbons (Fsp3) is 0.316. The van der Waals surface area contributed by atoms with Crippen molar-refractivity contribution in [3.63, 3.8) is 0 Å². The number of carbonyl (C=O) groups excluding carboxylic acids is 1. The summed E-state index contributed by atoms with van der Waals surface area (Å²) in [5.74, 6) is 0.0480. The molecule has 0 unspecified atom stereocenters. The molecule has 31 heavy (non-hydrogen) atoms. The lowest BCUT2D eigenvalue weighted by atomic mass is 10.3. The van der Waals surface area contributed by atoms with Gasteiger partial charge in [0.15, 0.2) is 0 Å². The van der Waals surface area contributed by atoms with E-state index < -0.39 is 28.2 Å². The van der Waals surface area contributed by atoms with Crippen molar-refractivity contribution in [2.45, 2.75) is 12.7 Å². The molecule has 1 aliphatic heterocycles. The molecular weight excluding hydrogens is 435 g/mol. The summed E-state index contributed by atoms with van der Waals surface area (Å²) in [4.78, 5) is 22.9. The first-order valence-corrected chi connectivity index (χ1v) is 11.3. The first-order valence-electron chi connectivity index (χ1n) is 9.39. The van der Waals surface area contributed by atoms with E-state index in [1.807, 2.05) is 17.0 Å². The van der Waals surface area contributed by atoms with Gasteiger partial charge in [-0.15, -0.1) is 0 Å². The van der Waals surface area contributed by atoms with E-state index in [9.17, 15) is 27.1 Å². The molecule has 8 nitrogen and oxygen atoms in total. The Bertz CT molecular complexity index is 1090. The van der Waals surface area contributed by atoms with E-state index in [1.54, 1.807) is 16.7 Å². The maximum Gasteiger partial charge on any atom is 0.417 e. The van der Waals surface area contributed by atoms with Gasteiger partial charge in [-0.05, 0) is 24.3 Å². The second kappa shape index (κ2) is 8.11. The summed E-state index contributed by atoms with van der Waals surface area (Å²) in [6, 6.07) is 7.29. The summed E-state index contributed by atoms with van der Waals surface area (Å²) in [5, 5.41) is 2.48. The van der Waals surface area contributed by atoms with E-state index in [2.05, 4.69) is 15.3 Å². The van der Waals surface area contributed by atoms with Crippen LogP contribution in [0.2, 0.25) is 0 Å². The molecule has 0 saturated carbocycles. The molecule has 1 amide bonds. The van der Waals surface area contributed by atoms with E-state index in [-0.39, 0.29) is 11.6 Å². The van der Waals surface area contributed by atoms with Crippen molar-refractivity contribution in [2.24, 2.45) is 0 Å². The minimum atomic E-state index is -4.51. The first-order chi connectivity index (χ1) is 14.6. The molecule has 0 spiro atoms. The number of pyridine rings is 2. The van der Waals surface area contributed by atoms with Crippen LogP contribution < -0.4 is 5.32 Å². The van der Waals surface area contributed by atoms with Crippen LogP contribution in [0.15, 0.2) is 42.7 Å². The molecule has 4 heterocycles. The number of nitrogens with zero attached hydrogens (tertiary/aromatic N) is 4. The van der Waals surface area contributed by atoms with Crippen molar-refractivity contribution in [3.8, 4) is 0 Å². The summed E-state index contributed by atoms with van der Waals surface area (Å²) in [5.41, 5.74) is 0.451. The van der Waals surface area contributed by atoms with Crippen LogP contribution in [-0.4, -0.2) is 58.9 Å². The van der Waals surface area contributed by atoms with Crippen LogP contribution >= 0.6 is 10.6 Å². The Balaban J connectivity index is 1.54. The van der Waals surface area contributed by atoms with Crippen molar-refractivity contribution in [2.75, 3.05) is 29.9 Å². The summed E-state index contributed by atoms with van der Waals surface area (Å²) in [6.07, 6.45) is -2.18. The highest BCUT2D eigenvalue weighted by molar-refractivity contribution is 8.24. The summed E-state index contributed by atoms with van der Waals surface area (Å²) in [7, 11) is -2.51. The molecule has 166 valence electrons. The molecule has 1 saturated heterocycles. The Morgan fingerprint density at radius 1 is 1.16 bits per heavy atom. The smallest absolute Gasteiger partial charge is 0.304 e. The van der Waals surface area contributed by atoms with Gasteiger partial charge in [-0.3, -0.25) is 23.2 Å². The summed E-state index contributed by atoms with van der Waals surface area (Å²) >= 11 is 0. The fourth-order valence-electron chi connectivity index (χ4n) is 3.32. The van der Waals surface area contributed by atoms with Crippen molar-refractivity contribution >= 4 is 27.8 Å².